The summed E-state index contributed by atoms with van der Waals surface area (Å²) in [4.78, 5) is 17.4. The third-order valence-electron chi connectivity index (χ3n) is 7.13. The first-order chi connectivity index (χ1) is 16.4. The first-order valence-electron chi connectivity index (χ1n) is 12.3. The Morgan fingerprint density at radius 1 is 0.914 bits per heavy atom. The molecule has 0 aliphatic rings. The number of benzene rings is 2. The van der Waals surface area contributed by atoms with E-state index in [1.165, 1.54) is 24.5 Å². The molecule has 0 heterocycles. The topological polar surface area (TPSA) is 79.2 Å². The van der Waals surface area contributed by atoms with Crippen LogP contribution in [0.4, 0.5) is 0 Å². The maximum absolute atomic E-state index is 12.4. The number of hydroxylamine groups is 2. The number of rotatable bonds is 11. The molecule has 2 N–H and O–H groups in total. The molecule has 2 aromatic carbocycles. The van der Waals surface area contributed by atoms with Crippen molar-refractivity contribution in [1.29, 1.82) is 0 Å². The first kappa shape index (κ1) is 29.2. The van der Waals surface area contributed by atoms with Crippen LogP contribution in [0, 0.1) is 17.8 Å². The van der Waals surface area contributed by atoms with Gasteiger partial charge in [0.2, 0.25) is 0 Å². The molecule has 0 spiro atoms. The number of amides is 1. The van der Waals surface area contributed by atoms with Gasteiger partial charge in [0.15, 0.2) is 0 Å². The molecule has 0 saturated carbocycles. The number of aliphatic hydroxyl groups excluding tert-OH is 2. The van der Waals surface area contributed by atoms with Crippen molar-refractivity contribution >= 4 is 24.6 Å². The molecule has 2 aromatic rings. The third kappa shape index (κ3) is 6.40. The van der Waals surface area contributed by atoms with E-state index < -0.39 is 32.4 Å². The molecule has 0 radical (unpaired) electrons. The van der Waals surface area contributed by atoms with E-state index in [0.717, 1.165) is 5.06 Å². The van der Waals surface area contributed by atoms with Crippen LogP contribution in [0.15, 0.2) is 60.7 Å². The van der Waals surface area contributed by atoms with Gasteiger partial charge >= 0.3 is 0 Å². The predicted molar refractivity (Wildman–Crippen MR) is 143 cm³/mol. The van der Waals surface area contributed by atoms with Gasteiger partial charge < -0.3 is 14.6 Å². The average Bonchev–Trinajstić information content (AvgIpc) is 2.86. The zero-order valence-electron chi connectivity index (χ0n) is 22.4. The highest BCUT2D eigenvalue weighted by atomic mass is 28.4. The number of aliphatic hydroxyl groups is 2. The Morgan fingerprint density at radius 3 is 1.77 bits per heavy atom. The molecule has 194 valence electrons. The van der Waals surface area contributed by atoms with E-state index in [1.54, 1.807) is 13.8 Å². The van der Waals surface area contributed by atoms with Gasteiger partial charge in [0.1, 0.15) is 0 Å². The lowest BCUT2D eigenvalue weighted by atomic mass is 9.84. The van der Waals surface area contributed by atoms with Gasteiger partial charge in [0, 0.05) is 25.5 Å². The molecule has 0 bridgehead atoms. The van der Waals surface area contributed by atoms with E-state index in [4.69, 9.17) is 9.26 Å². The fourth-order valence-electron chi connectivity index (χ4n) is 4.82. The standard InChI is InChI=1S/C28H43NO5Si/c1-20(25(30)21(2)26(31)22(3)27(32)29(7)33-8)19-34-35(28(4,5)6,23-15-11-9-12-16-23)24-17-13-10-14-18-24/h9-18,20-22,25-26,30-31H,19H2,1-8H3/t20-,21-,22-,25-,26-/m1/s1. The van der Waals surface area contributed by atoms with Crippen molar-refractivity contribution in [2.24, 2.45) is 17.8 Å². The second kappa shape index (κ2) is 12.3. The minimum atomic E-state index is -2.73. The van der Waals surface area contributed by atoms with E-state index in [-0.39, 0.29) is 16.9 Å². The van der Waals surface area contributed by atoms with Gasteiger partial charge in [-0.1, -0.05) is 102 Å². The van der Waals surface area contributed by atoms with E-state index in [9.17, 15) is 15.0 Å². The van der Waals surface area contributed by atoms with E-state index in [2.05, 4.69) is 45.0 Å². The molecule has 5 atom stereocenters. The van der Waals surface area contributed by atoms with Gasteiger partial charge in [-0.05, 0) is 15.4 Å². The molecule has 0 saturated heterocycles. The summed E-state index contributed by atoms with van der Waals surface area (Å²) in [6.07, 6.45) is -1.88. The molecule has 0 aliphatic heterocycles. The predicted octanol–water partition coefficient (Wildman–Crippen LogP) is 3.21. The fourth-order valence-corrected chi connectivity index (χ4v) is 9.48. The Morgan fingerprint density at radius 2 is 1.37 bits per heavy atom. The van der Waals surface area contributed by atoms with Crippen molar-refractivity contribution in [2.75, 3.05) is 20.8 Å². The van der Waals surface area contributed by atoms with E-state index >= 15 is 0 Å². The molecule has 7 heteroatoms. The largest absolute Gasteiger partial charge is 0.407 e. The summed E-state index contributed by atoms with van der Waals surface area (Å²) < 4.78 is 6.94. The van der Waals surface area contributed by atoms with Crippen LogP contribution in [0.5, 0.6) is 0 Å². The molecule has 2 rings (SSSR count). The van der Waals surface area contributed by atoms with Gasteiger partial charge in [0.05, 0.1) is 25.2 Å². The van der Waals surface area contributed by atoms with Crippen LogP contribution in [-0.4, -0.2) is 62.5 Å². The highest BCUT2D eigenvalue weighted by Crippen LogP contribution is 2.37. The highest BCUT2D eigenvalue weighted by molar-refractivity contribution is 6.99. The van der Waals surface area contributed by atoms with Gasteiger partial charge in [-0.25, -0.2) is 5.06 Å². The van der Waals surface area contributed by atoms with Crippen molar-refractivity contribution in [3.63, 3.8) is 0 Å². The number of hydrogen-bond donors (Lipinski definition) is 2. The summed E-state index contributed by atoms with van der Waals surface area (Å²) in [6.45, 7) is 12.3. The number of carbonyl (C=O) groups excluding carboxylic acids is 1. The third-order valence-corrected chi connectivity index (χ3v) is 12.1. The SMILES string of the molecule is CON(C)C(=O)[C@H](C)[C@H](O)[C@H](C)[C@H](O)[C@H](C)CO[Si](c1ccccc1)(c1ccccc1)C(C)(C)C. The quantitative estimate of drug-likeness (QED) is 0.365. The first-order valence-corrected chi connectivity index (χ1v) is 14.2. The lowest BCUT2D eigenvalue weighted by molar-refractivity contribution is -0.178. The van der Waals surface area contributed by atoms with E-state index in [1.807, 2.05) is 43.3 Å². The Hall–Kier alpha value is -2.03. The maximum atomic E-state index is 12.4. The summed E-state index contributed by atoms with van der Waals surface area (Å²) in [6, 6.07) is 20.7. The van der Waals surface area contributed by atoms with Crippen LogP contribution in [0.1, 0.15) is 41.5 Å². The Labute approximate surface area is 212 Å². The lowest BCUT2D eigenvalue weighted by Crippen LogP contribution is -2.67. The van der Waals surface area contributed by atoms with Crippen molar-refractivity contribution < 1.29 is 24.3 Å². The van der Waals surface area contributed by atoms with Gasteiger partial charge in [-0.2, -0.15) is 0 Å². The molecular weight excluding hydrogens is 458 g/mol. The van der Waals surface area contributed by atoms with E-state index in [0.29, 0.717) is 6.61 Å². The zero-order chi connectivity index (χ0) is 26.4. The van der Waals surface area contributed by atoms with Crippen molar-refractivity contribution in [1.82, 2.24) is 5.06 Å². The van der Waals surface area contributed by atoms with Crippen LogP contribution in [-0.2, 0) is 14.1 Å². The van der Waals surface area contributed by atoms with Crippen molar-refractivity contribution in [3.8, 4) is 0 Å². The summed E-state index contributed by atoms with van der Waals surface area (Å²) in [5, 5.41) is 25.3. The van der Waals surface area contributed by atoms with Crippen LogP contribution >= 0.6 is 0 Å². The Bertz CT molecular complexity index is 878. The molecular formula is C28H43NO5Si. The Kier molecular flexibility index (Phi) is 10.2. The van der Waals surface area contributed by atoms with Crippen LogP contribution in [0.3, 0.4) is 0 Å². The molecule has 0 unspecified atom stereocenters. The summed E-state index contributed by atoms with van der Waals surface area (Å²) in [5.41, 5.74) is 0. The monoisotopic (exact) mass is 501 g/mol. The van der Waals surface area contributed by atoms with Crippen LogP contribution in [0.2, 0.25) is 5.04 Å². The second-order valence-electron chi connectivity index (χ2n) is 10.6. The Balaban J connectivity index is 2.30. The lowest BCUT2D eigenvalue weighted by Gasteiger charge is -2.44. The van der Waals surface area contributed by atoms with Crippen molar-refractivity contribution in [2.45, 2.75) is 58.8 Å². The minimum absolute atomic E-state index is 0.169. The molecule has 0 aromatic heterocycles. The van der Waals surface area contributed by atoms with Crippen molar-refractivity contribution in [3.05, 3.63) is 60.7 Å². The number of hydrogen-bond acceptors (Lipinski definition) is 5. The molecule has 0 fully saturated rings. The fraction of sp³-hybridized carbons (Fsp3) is 0.536. The maximum Gasteiger partial charge on any atom is 0.261 e. The van der Waals surface area contributed by atoms with Gasteiger partial charge in [-0.3, -0.25) is 9.63 Å². The zero-order valence-corrected chi connectivity index (χ0v) is 23.4. The number of carbonyl (C=O) groups is 1. The van der Waals surface area contributed by atoms with Gasteiger partial charge in [-0.15, -0.1) is 0 Å². The summed E-state index contributed by atoms with van der Waals surface area (Å²) >= 11 is 0. The molecule has 0 aliphatic carbocycles. The van der Waals surface area contributed by atoms with Crippen LogP contribution in [0.25, 0.3) is 0 Å². The summed E-state index contributed by atoms with van der Waals surface area (Å²) in [5.74, 6) is -1.84. The highest BCUT2D eigenvalue weighted by Gasteiger charge is 2.50. The van der Waals surface area contributed by atoms with Gasteiger partial charge in [0.25, 0.3) is 14.2 Å². The van der Waals surface area contributed by atoms with Crippen LogP contribution < -0.4 is 10.4 Å². The average molecular weight is 502 g/mol. The molecule has 6 nitrogen and oxygen atoms in total. The number of nitrogens with zero attached hydrogens (tertiary/aromatic N) is 1. The smallest absolute Gasteiger partial charge is 0.261 e. The second-order valence-corrected chi connectivity index (χ2v) is 14.9. The summed E-state index contributed by atoms with van der Waals surface area (Å²) in [7, 11) is 0.179. The minimum Gasteiger partial charge on any atom is -0.407 e. The molecule has 1 amide bonds. The molecule has 35 heavy (non-hydrogen) atoms. The normalized spacial score (nSPS) is 16.7.